The van der Waals surface area contributed by atoms with Crippen molar-refractivity contribution in [3.8, 4) is 0 Å². The van der Waals surface area contributed by atoms with Gasteiger partial charge in [0.25, 0.3) is 0 Å². The first-order chi connectivity index (χ1) is 9.16. The van der Waals surface area contributed by atoms with Gasteiger partial charge in [-0.05, 0) is 23.8 Å². The van der Waals surface area contributed by atoms with E-state index in [1.165, 1.54) is 12.1 Å². The van der Waals surface area contributed by atoms with Crippen LogP contribution in [0.4, 0.5) is 4.39 Å². The van der Waals surface area contributed by atoms with E-state index in [1.807, 2.05) is 12.3 Å². The molecule has 100 valence electrons. The third-order valence-corrected chi connectivity index (χ3v) is 2.67. The molecule has 0 fully saturated rings. The van der Waals surface area contributed by atoms with Crippen molar-refractivity contribution in [1.82, 2.24) is 15.1 Å². The van der Waals surface area contributed by atoms with E-state index >= 15 is 0 Å². The highest BCUT2D eigenvalue weighted by Gasteiger charge is 2.09. The van der Waals surface area contributed by atoms with E-state index in [2.05, 4.69) is 10.4 Å². The molecule has 1 heterocycles. The summed E-state index contributed by atoms with van der Waals surface area (Å²) in [6.45, 7) is 1.91. The Kier molecular flexibility index (Phi) is 4.25. The molecule has 0 saturated carbocycles. The topological polar surface area (TPSA) is 67.2 Å². The Labute approximate surface area is 109 Å². The monoisotopic (exact) mass is 263 g/mol. The second kappa shape index (κ2) is 6.10. The van der Waals surface area contributed by atoms with Gasteiger partial charge in [-0.3, -0.25) is 4.68 Å². The summed E-state index contributed by atoms with van der Waals surface area (Å²) in [5.74, 6) is -1.96. The highest BCUT2D eigenvalue weighted by Crippen LogP contribution is 2.10. The van der Waals surface area contributed by atoms with Crippen molar-refractivity contribution in [3.05, 3.63) is 53.6 Å². The zero-order valence-electron chi connectivity index (χ0n) is 10.2. The number of hydrogen-bond acceptors (Lipinski definition) is 3. The maximum absolute atomic E-state index is 13.4. The normalized spacial score (nSPS) is 10.6. The maximum Gasteiger partial charge on any atom is 0.338 e. The molecule has 0 aliphatic heterocycles. The van der Waals surface area contributed by atoms with Crippen molar-refractivity contribution in [2.24, 2.45) is 0 Å². The van der Waals surface area contributed by atoms with Gasteiger partial charge in [0.2, 0.25) is 0 Å². The van der Waals surface area contributed by atoms with Gasteiger partial charge in [0.1, 0.15) is 5.82 Å². The molecule has 1 aromatic heterocycles. The third kappa shape index (κ3) is 3.62. The minimum absolute atomic E-state index is 0.305. The Morgan fingerprint density at radius 3 is 2.95 bits per heavy atom. The lowest BCUT2D eigenvalue weighted by atomic mass is 10.1. The molecule has 0 radical (unpaired) electrons. The highest BCUT2D eigenvalue weighted by molar-refractivity contribution is 5.87. The van der Waals surface area contributed by atoms with Gasteiger partial charge in [-0.2, -0.15) is 5.10 Å². The number of aromatic nitrogens is 2. The molecular weight excluding hydrogens is 249 g/mol. The number of rotatable bonds is 6. The number of carboxylic acids is 1. The van der Waals surface area contributed by atoms with E-state index < -0.39 is 11.8 Å². The first-order valence-electron chi connectivity index (χ1n) is 5.86. The lowest BCUT2D eigenvalue weighted by Gasteiger charge is -2.06. The van der Waals surface area contributed by atoms with Crippen LogP contribution in [0.25, 0.3) is 0 Å². The first-order valence-corrected chi connectivity index (χ1v) is 5.86. The minimum Gasteiger partial charge on any atom is -0.478 e. The molecule has 0 saturated heterocycles. The average molecular weight is 263 g/mol. The Hall–Kier alpha value is -2.21. The number of carboxylic acid groups (broad SMARTS) is 1. The molecule has 2 aromatic rings. The Bertz CT molecular complexity index is 555. The van der Waals surface area contributed by atoms with Crippen LogP contribution in [0.2, 0.25) is 0 Å². The van der Waals surface area contributed by atoms with E-state index in [1.54, 1.807) is 16.9 Å². The van der Waals surface area contributed by atoms with Gasteiger partial charge >= 0.3 is 5.97 Å². The minimum atomic E-state index is -1.25. The second-order valence-electron chi connectivity index (χ2n) is 4.07. The van der Waals surface area contributed by atoms with Gasteiger partial charge < -0.3 is 10.4 Å². The Morgan fingerprint density at radius 2 is 2.32 bits per heavy atom. The number of hydrogen-bond donors (Lipinski definition) is 2. The van der Waals surface area contributed by atoms with Crippen LogP contribution in [0.5, 0.6) is 0 Å². The standard InChI is InChI=1S/C13H14FN3O2/c14-12-8-10(2-3-11(12)13(18)19)9-15-5-7-17-6-1-4-16-17/h1-4,6,8,15H,5,7,9H2,(H,18,19). The number of aromatic carboxylic acids is 1. The van der Waals surface area contributed by atoms with Crippen LogP contribution in [0, 0.1) is 5.82 Å². The molecule has 0 aliphatic rings. The van der Waals surface area contributed by atoms with Gasteiger partial charge in [-0.15, -0.1) is 0 Å². The molecule has 0 amide bonds. The van der Waals surface area contributed by atoms with E-state index in [0.29, 0.717) is 18.7 Å². The lowest BCUT2D eigenvalue weighted by molar-refractivity contribution is 0.0692. The summed E-state index contributed by atoms with van der Waals surface area (Å²) in [6.07, 6.45) is 3.57. The SMILES string of the molecule is O=C(O)c1ccc(CNCCn2cccn2)cc1F. The van der Waals surface area contributed by atoms with Crippen molar-refractivity contribution in [2.45, 2.75) is 13.1 Å². The largest absolute Gasteiger partial charge is 0.478 e. The van der Waals surface area contributed by atoms with Gasteiger partial charge in [-0.25, -0.2) is 9.18 Å². The van der Waals surface area contributed by atoms with Gasteiger partial charge in [-0.1, -0.05) is 6.07 Å². The molecule has 2 N–H and O–H groups in total. The number of nitrogens with one attached hydrogen (secondary N) is 1. The highest BCUT2D eigenvalue weighted by atomic mass is 19.1. The Morgan fingerprint density at radius 1 is 1.47 bits per heavy atom. The van der Waals surface area contributed by atoms with Crippen molar-refractivity contribution >= 4 is 5.97 Å². The van der Waals surface area contributed by atoms with Crippen LogP contribution < -0.4 is 5.32 Å². The zero-order valence-corrected chi connectivity index (χ0v) is 10.2. The number of carbonyl (C=O) groups is 1. The lowest BCUT2D eigenvalue weighted by Crippen LogP contribution is -2.20. The van der Waals surface area contributed by atoms with Gasteiger partial charge in [0.05, 0.1) is 12.1 Å². The molecule has 2 rings (SSSR count). The molecule has 6 heteroatoms. The van der Waals surface area contributed by atoms with Crippen molar-refractivity contribution < 1.29 is 14.3 Å². The smallest absolute Gasteiger partial charge is 0.338 e. The summed E-state index contributed by atoms with van der Waals surface area (Å²) in [5, 5.41) is 15.9. The number of nitrogens with zero attached hydrogens (tertiary/aromatic N) is 2. The summed E-state index contributed by atoms with van der Waals surface area (Å²) in [6, 6.07) is 5.97. The predicted molar refractivity (Wildman–Crippen MR) is 67.3 cm³/mol. The van der Waals surface area contributed by atoms with Crippen LogP contribution in [-0.4, -0.2) is 27.4 Å². The van der Waals surface area contributed by atoms with E-state index in [0.717, 1.165) is 6.54 Å². The van der Waals surface area contributed by atoms with Crippen molar-refractivity contribution in [1.29, 1.82) is 0 Å². The molecule has 0 bridgehead atoms. The van der Waals surface area contributed by atoms with Crippen molar-refractivity contribution in [2.75, 3.05) is 6.54 Å². The third-order valence-electron chi connectivity index (χ3n) is 2.67. The fourth-order valence-electron chi connectivity index (χ4n) is 1.70. The quantitative estimate of drug-likeness (QED) is 0.775. The average Bonchev–Trinajstić information content (AvgIpc) is 2.87. The molecule has 0 unspecified atom stereocenters. The molecule has 0 atom stereocenters. The fraction of sp³-hybridized carbons (Fsp3) is 0.231. The molecule has 5 nitrogen and oxygen atoms in total. The molecular formula is C13H14FN3O2. The van der Waals surface area contributed by atoms with Crippen LogP contribution in [-0.2, 0) is 13.1 Å². The zero-order chi connectivity index (χ0) is 13.7. The van der Waals surface area contributed by atoms with Crippen LogP contribution >= 0.6 is 0 Å². The summed E-state index contributed by atoms with van der Waals surface area (Å²) >= 11 is 0. The van der Waals surface area contributed by atoms with Gasteiger partial charge in [0.15, 0.2) is 0 Å². The van der Waals surface area contributed by atoms with Crippen molar-refractivity contribution in [3.63, 3.8) is 0 Å². The first kappa shape index (κ1) is 13.2. The van der Waals surface area contributed by atoms with E-state index in [4.69, 9.17) is 5.11 Å². The summed E-state index contributed by atoms with van der Waals surface area (Å²) in [7, 11) is 0. The molecule has 19 heavy (non-hydrogen) atoms. The molecule has 0 spiro atoms. The molecule has 0 aliphatic carbocycles. The number of benzene rings is 1. The van der Waals surface area contributed by atoms with Gasteiger partial charge in [0, 0.05) is 25.5 Å². The fourth-order valence-corrected chi connectivity index (χ4v) is 1.70. The van der Waals surface area contributed by atoms with E-state index in [-0.39, 0.29) is 5.56 Å². The summed E-state index contributed by atoms with van der Waals surface area (Å²) < 4.78 is 15.2. The summed E-state index contributed by atoms with van der Waals surface area (Å²) in [4.78, 5) is 10.7. The molecule has 1 aromatic carbocycles. The van der Waals surface area contributed by atoms with Crippen LogP contribution in [0.1, 0.15) is 15.9 Å². The van der Waals surface area contributed by atoms with Crippen LogP contribution in [0.15, 0.2) is 36.7 Å². The number of halogens is 1. The Balaban J connectivity index is 1.83. The second-order valence-corrected chi connectivity index (χ2v) is 4.07. The maximum atomic E-state index is 13.4. The summed E-state index contributed by atoms with van der Waals surface area (Å²) in [5.41, 5.74) is 0.406. The van der Waals surface area contributed by atoms with E-state index in [9.17, 15) is 9.18 Å². The van der Waals surface area contributed by atoms with Crippen LogP contribution in [0.3, 0.4) is 0 Å². The predicted octanol–water partition coefficient (Wildman–Crippen LogP) is 1.51.